The first-order valence-electron chi connectivity index (χ1n) is 2.69. The zero-order valence-corrected chi connectivity index (χ0v) is 5.40. The number of hydrogen-bond acceptors (Lipinski definition) is 1. The van der Waals surface area contributed by atoms with Gasteiger partial charge in [0.1, 0.15) is 0 Å². The molecule has 0 aliphatic carbocycles. The number of primary amides is 1. The highest BCUT2D eigenvalue weighted by atomic mass is 19.4. The van der Waals surface area contributed by atoms with E-state index in [0.717, 1.165) is 6.92 Å². The van der Waals surface area contributed by atoms with Crippen LogP contribution in [0.15, 0.2) is 0 Å². The van der Waals surface area contributed by atoms with Crippen LogP contribution in [0.5, 0.6) is 0 Å². The van der Waals surface area contributed by atoms with Gasteiger partial charge in [0.2, 0.25) is 5.91 Å². The number of nitrogens with two attached hydrogens (primary N) is 1. The van der Waals surface area contributed by atoms with Crippen molar-refractivity contribution in [2.45, 2.75) is 19.5 Å². The molecule has 0 bridgehead atoms. The molecular formula is C5H8F3NO. The first-order valence-corrected chi connectivity index (χ1v) is 2.69. The van der Waals surface area contributed by atoms with Crippen LogP contribution in [0, 0.1) is 5.92 Å². The van der Waals surface area contributed by atoms with Crippen molar-refractivity contribution >= 4 is 5.91 Å². The molecule has 0 aromatic heterocycles. The lowest BCUT2D eigenvalue weighted by molar-refractivity contribution is -0.151. The number of amides is 1. The van der Waals surface area contributed by atoms with Crippen molar-refractivity contribution in [1.82, 2.24) is 0 Å². The standard InChI is InChI=1S/C5H8F3NO/c1-3(4(9)10)2-5(6,7)8/h3H,2H2,1H3,(H2,9,10)/t3-/m1/s1. The van der Waals surface area contributed by atoms with E-state index in [-0.39, 0.29) is 0 Å². The molecule has 1 amide bonds. The third kappa shape index (κ3) is 4.17. The molecule has 0 heterocycles. The van der Waals surface area contributed by atoms with Crippen LogP contribution in [-0.4, -0.2) is 12.1 Å². The van der Waals surface area contributed by atoms with E-state index in [4.69, 9.17) is 0 Å². The summed E-state index contributed by atoms with van der Waals surface area (Å²) < 4.78 is 34.4. The summed E-state index contributed by atoms with van der Waals surface area (Å²) in [5.41, 5.74) is 4.60. The highest BCUT2D eigenvalue weighted by Crippen LogP contribution is 2.23. The molecule has 60 valence electrons. The summed E-state index contributed by atoms with van der Waals surface area (Å²) in [6.07, 6.45) is -5.43. The summed E-state index contributed by atoms with van der Waals surface area (Å²) in [7, 11) is 0. The SMILES string of the molecule is C[C@H](CC(F)(F)F)C(N)=O. The lowest BCUT2D eigenvalue weighted by atomic mass is 10.1. The Hall–Kier alpha value is -0.740. The van der Waals surface area contributed by atoms with Gasteiger partial charge in [0.15, 0.2) is 0 Å². The van der Waals surface area contributed by atoms with Crippen LogP contribution in [0.1, 0.15) is 13.3 Å². The highest BCUT2D eigenvalue weighted by molar-refractivity contribution is 5.76. The van der Waals surface area contributed by atoms with Crippen molar-refractivity contribution in [2.24, 2.45) is 11.7 Å². The van der Waals surface area contributed by atoms with Gasteiger partial charge in [-0.1, -0.05) is 6.92 Å². The third-order valence-electron chi connectivity index (χ3n) is 1.02. The molecule has 1 atom stereocenters. The molecule has 0 radical (unpaired) electrons. The van der Waals surface area contributed by atoms with Gasteiger partial charge < -0.3 is 5.73 Å². The fraction of sp³-hybridized carbons (Fsp3) is 0.800. The van der Waals surface area contributed by atoms with E-state index in [1.165, 1.54) is 0 Å². The predicted molar refractivity (Wildman–Crippen MR) is 29.0 cm³/mol. The van der Waals surface area contributed by atoms with Gasteiger partial charge in [0, 0.05) is 5.92 Å². The zero-order valence-electron chi connectivity index (χ0n) is 5.40. The van der Waals surface area contributed by atoms with Gasteiger partial charge in [-0.2, -0.15) is 13.2 Å². The lowest BCUT2D eigenvalue weighted by Crippen LogP contribution is -2.25. The minimum atomic E-state index is -4.30. The van der Waals surface area contributed by atoms with Crippen LogP contribution in [0.25, 0.3) is 0 Å². The van der Waals surface area contributed by atoms with Gasteiger partial charge in [-0.25, -0.2) is 0 Å². The molecule has 2 N–H and O–H groups in total. The van der Waals surface area contributed by atoms with Gasteiger partial charge in [-0.15, -0.1) is 0 Å². The highest BCUT2D eigenvalue weighted by Gasteiger charge is 2.31. The van der Waals surface area contributed by atoms with Crippen molar-refractivity contribution in [3.8, 4) is 0 Å². The lowest BCUT2D eigenvalue weighted by Gasteiger charge is -2.09. The molecule has 0 saturated heterocycles. The van der Waals surface area contributed by atoms with E-state index < -0.39 is 24.4 Å². The molecule has 5 heteroatoms. The molecular weight excluding hydrogens is 147 g/mol. The third-order valence-corrected chi connectivity index (χ3v) is 1.02. The Labute approximate surface area is 56.2 Å². The summed E-state index contributed by atoms with van der Waals surface area (Å²) in [6.45, 7) is 1.15. The normalized spacial score (nSPS) is 14.8. The van der Waals surface area contributed by atoms with E-state index >= 15 is 0 Å². The monoisotopic (exact) mass is 155 g/mol. The quantitative estimate of drug-likeness (QED) is 0.636. The molecule has 2 nitrogen and oxygen atoms in total. The van der Waals surface area contributed by atoms with Crippen LogP contribution >= 0.6 is 0 Å². The average molecular weight is 155 g/mol. The summed E-state index contributed by atoms with van der Waals surface area (Å²) in [5, 5.41) is 0. The molecule has 0 aliphatic rings. The van der Waals surface area contributed by atoms with Gasteiger partial charge in [-0.3, -0.25) is 4.79 Å². The Morgan fingerprint density at radius 3 is 2.10 bits per heavy atom. The molecule has 0 fully saturated rings. The summed E-state index contributed by atoms with van der Waals surface area (Å²) in [4.78, 5) is 10.1. The molecule has 0 aromatic carbocycles. The second-order valence-electron chi connectivity index (χ2n) is 2.12. The maximum atomic E-state index is 11.5. The van der Waals surface area contributed by atoms with Gasteiger partial charge in [-0.05, 0) is 0 Å². The second kappa shape index (κ2) is 2.90. The van der Waals surface area contributed by atoms with Crippen molar-refractivity contribution in [3.05, 3.63) is 0 Å². The minimum absolute atomic E-state index is 0.919. The van der Waals surface area contributed by atoms with Gasteiger partial charge in [0.05, 0.1) is 6.42 Å². The fourth-order valence-corrected chi connectivity index (χ4v) is 0.448. The van der Waals surface area contributed by atoms with Crippen LogP contribution in [0.3, 0.4) is 0 Å². The number of hydrogen-bond donors (Lipinski definition) is 1. The largest absolute Gasteiger partial charge is 0.389 e. The summed E-state index contributed by atoms with van der Waals surface area (Å²) in [6, 6.07) is 0. The second-order valence-corrected chi connectivity index (χ2v) is 2.12. The van der Waals surface area contributed by atoms with Crippen LogP contribution in [-0.2, 0) is 4.79 Å². The molecule has 0 aromatic rings. The Bertz CT molecular complexity index is 131. The Morgan fingerprint density at radius 2 is 2.00 bits per heavy atom. The fourth-order valence-electron chi connectivity index (χ4n) is 0.448. The molecule has 0 spiro atoms. The van der Waals surface area contributed by atoms with E-state index in [1.807, 2.05) is 0 Å². The Balaban J connectivity index is 3.80. The number of carbonyl (C=O) groups excluding carboxylic acids is 1. The van der Waals surface area contributed by atoms with Crippen LogP contribution in [0.2, 0.25) is 0 Å². The molecule has 0 rings (SSSR count). The molecule has 0 saturated carbocycles. The smallest absolute Gasteiger partial charge is 0.369 e. The Morgan fingerprint density at radius 1 is 1.60 bits per heavy atom. The maximum Gasteiger partial charge on any atom is 0.389 e. The zero-order chi connectivity index (χ0) is 8.36. The van der Waals surface area contributed by atoms with Gasteiger partial charge >= 0.3 is 6.18 Å². The number of carbonyl (C=O) groups is 1. The topological polar surface area (TPSA) is 43.1 Å². The number of halogens is 3. The average Bonchev–Trinajstić information content (AvgIpc) is 1.60. The van der Waals surface area contributed by atoms with E-state index in [0.29, 0.717) is 0 Å². The van der Waals surface area contributed by atoms with Crippen molar-refractivity contribution in [3.63, 3.8) is 0 Å². The van der Waals surface area contributed by atoms with Crippen molar-refractivity contribution in [2.75, 3.05) is 0 Å². The maximum absolute atomic E-state index is 11.5. The first kappa shape index (κ1) is 9.26. The van der Waals surface area contributed by atoms with E-state index in [2.05, 4.69) is 5.73 Å². The minimum Gasteiger partial charge on any atom is -0.369 e. The van der Waals surface area contributed by atoms with E-state index in [9.17, 15) is 18.0 Å². The molecule has 10 heavy (non-hydrogen) atoms. The Kier molecular flexibility index (Phi) is 2.68. The van der Waals surface area contributed by atoms with Crippen LogP contribution < -0.4 is 5.73 Å². The summed E-state index contributed by atoms with van der Waals surface area (Å²) >= 11 is 0. The predicted octanol–water partition coefficient (Wildman–Crippen LogP) is 1.06. The van der Waals surface area contributed by atoms with Crippen molar-refractivity contribution in [1.29, 1.82) is 0 Å². The van der Waals surface area contributed by atoms with Gasteiger partial charge in [0.25, 0.3) is 0 Å². The molecule has 0 aliphatic heterocycles. The van der Waals surface area contributed by atoms with E-state index in [1.54, 1.807) is 0 Å². The molecule has 0 unspecified atom stereocenters. The number of rotatable bonds is 2. The number of alkyl halides is 3. The summed E-state index contributed by atoms with van der Waals surface area (Å²) in [5.74, 6) is -2.04. The van der Waals surface area contributed by atoms with Crippen LogP contribution in [0.4, 0.5) is 13.2 Å². The van der Waals surface area contributed by atoms with Crippen molar-refractivity contribution < 1.29 is 18.0 Å². The first-order chi connectivity index (χ1) is 4.33.